The van der Waals surface area contributed by atoms with E-state index < -0.39 is 11.9 Å². The fourth-order valence-corrected chi connectivity index (χ4v) is 6.17. The lowest BCUT2D eigenvalue weighted by atomic mass is 9.86. The summed E-state index contributed by atoms with van der Waals surface area (Å²) in [6.07, 6.45) is 1.83. The van der Waals surface area contributed by atoms with Gasteiger partial charge >= 0.3 is 11.9 Å². The van der Waals surface area contributed by atoms with Crippen molar-refractivity contribution in [3.8, 4) is 22.6 Å². The van der Waals surface area contributed by atoms with Gasteiger partial charge in [-0.25, -0.2) is 0 Å². The Morgan fingerprint density at radius 2 is 1.64 bits per heavy atom. The maximum atomic E-state index is 13.4. The van der Waals surface area contributed by atoms with Gasteiger partial charge in [0.1, 0.15) is 17.6 Å². The number of nitrogens with one attached hydrogen (secondary N) is 1. The Labute approximate surface area is 275 Å². The summed E-state index contributed by atoms with van der Waals surface area (Å²) in [5.41, 5.74) is 5.89. The second-order valence-electron chi connectivity index (χ2n) is 12.1. The second-order valence-corrected chi connectivity index (χ2v) is 12.1. The molecule has 0 aliphatic heterocycles. The van der Waals surface area contributed by atoms with Crippen LogP contribution in [0, 0.1) is 6.92 Å². The summed E-state index contributed by atoms with van der Waals surface area (Å²) in [6, 6.07) is 29.2. The number of carbonyl (C=O) groups is 3. The lowest BCUT2D eigenvalue weighted by Crippen LogP contribution is -2.23. The summed E-state index contributed by atoms with van der Waals surface area (Å²) in [7, 11) is 0. The molecule has 8 nitrogen and oxygen atoms in total. The second kappa shape index (κ2) is 15.0. The van der Waals surface area contributed by atoms with Crippen molar-refractivity contribution in [1.82, 2.24) is 5.32 Å². The van der Waals surface area contributed by atoms with Gasteiger partial charge in [-0.05, 0) is 84.7 Å². The average Bonchev–Trinajstić information content (AvgIpc) is 3.78. The van der Waals surface area contributed by atoms with Crippen LogP contribution in [0.25, 0.3) is 11.1 Å². The lowest BCUT2D eigenvalue weighted by Gasteiger charge is -2.23. The van der Waals surface area contributed by atoms with Crippen LogP contribution in [0.15, 0.2) is 91.0 Å². The first kappa shape index (κ1) is 33.3. The lowest BCUT2D eigenvalue weighted by molar-refractivity contribution is -0.138. The van der Waals surface area contributed by atoms with Gasteiger partial charge in [0.15, 0.2) is 0 Å². The van der Waals surface area contributed by atoms with Gasteiger partial charge in [0, 0.05) is 30.4 Å². The first-order valence-corrected chi connectivity index (χ1v) is 16.1. The van der Waals surface area contributed by atoms with Gasteiger partial charge in [-0.15, -0.1) is 0 Å². The predicted octanol–water partition coefficient (Wildman–Crippen LogP) is 7.35. The number of ether oxygens (including phenoxy) is 2. The molecule has 244 valence electrons. The number of carboxylic acids is 2. The van der Waals surface area contributed by atoms with E-state index in [4.69, 9.17) is 14.6 Å². The maximum Gasteiger partial charge on any atom is 0.303 e. The molecule has 4 aromatic carbocycles. The van der Waals surface area contributed by atoms with Crippen LogP contribution in [0.5, 0.6) is 11.5 Å². The molecule has 0 bridgehead atoms. The standard InChI is InChI=1S/C39H41NO7/c1-3-39(33-14-8-15-34(32(33)17-18-37(43)44)46-19-9-16-36(41)42)24-35(39)47-31-22-29(28-13-7-10-26(2)20-28)21-30(23-31)38(45)40-25-27-11-5-4-6-12-27/h4-8,10-15,20-23,35H,3,9,16-19,24-25H2,1-2H3,(H,40,45)(H,41,42)(H,43,44). The molecule has 47 heavy (non-hydrogen) atoms. The minimum atomic E-state index is -0.906. The molecule has 2 unspecified atom stereocenters. The van der Waals surface area contributed by atoms with E-state index in [1.165, 1.54) is 0 Å². The molecule has 0 heterocycles. The van der Waals surface area contributed by atoms with Gasteiger partial charge in [0.05, 0.1) is 6.61 Å². The van der Waals surface area contributed by atoms with E-state index in [2.05, 4.69) is 18.3 Å². The van der Waals surface area contributed by atoms with Crippen molar-refractivity contribution in [2.24, 2.45) is 0 Å². The molecule has 2 atom stereocenters. The number of carbonyl (C=O) groups excluding carboxylic acids is 1. The summed E-state index contributed by atoms with van der Waals surface area (Å²) in [5.74, 6) is -0.834. The van der Waals surface area contributed by atoms with Crippen molar-refractivity contribution in [1.29, 1.82) is 0 Å². The highest BCUT2D eigenvalue weighted by Gasteiger charge is 2.57. The minimum Gasteiger partial charge on any atom is -0.493 e. The van der Waals surface area contributed by atoms with Crippen LogP contribution < -0.4 is 14.8 Å². The molecule has 0 saturated heterocycles. The highest BCUT2D eigenvalue weighted by atomic mass is 16.5. The van der Waals surface area contributed by atoms with Crippen molar-refractivity contribution in [3.63, 3.8) is 0 Å². The van der Waals surface area contributed by atoms with E-state index >= 15 is 0 Å². The topological polar surface area (TPSA) is 122 Å². The number of carboxylic acid groups (broad SMARTS) is 2. The molecule has 0 spiro atoms. The predicted molar refractivity (Wildman–Crippen MR) is 180 cm³/mol. The maximum absolute atomic E-state index is 13.4. The van der Waals surface area contributed by atoms with E-state index in [9.17, 15) is 19.5 Å². The molecule has 0 radical (unpaired) electrons. The third-order valence-electron chi connectivity index (χ3n) is 8.78. The van der Waals surface area contributed by atoms with Gasteiger partial charge in [0.25, 0.3) is 5.91 Å². The monoisotopic (exact) mass is 635 g/mol. The molecule has 1 amide bonds. The minimum absolute atomic E-state index is 0.00710. The third-order valence-corrected chi connectivity index (χ3v) is 8.78. The number of hydrogen-bond acceptors (Lipinski definition) is 5. The zero-order valence-corrected chi connectivity index (χ0v) is 26.8. The Bertz CT molecular complexity index is 1730. The molecule has 3 N–H and O–H groups in total. The van der Waals surface area contributed by atoms with Crippen molar-refractivity contribution in [3.05, 3.63) is 119 Å². The first-order valence-electron chi connectivity index (χ1n) is 16.1. The zero-order chi connectivity index (χ0) is 33.4. The first-order chi connectivity index (χ1) is 22.7. The summed E-state index contributed by atoms with van der Waals surface area (Å²) in [5, 5.41) is 21.5. The summed E-state index contributed by atoms with van der Waals surface area (Å²) < 4.78 is 12.7. The summed E-state index contributed by atoms with van der Waals surface area (Å²) in [6.45, 7) is 4.75. The van der Waals surface area contributed by atoms with E-state index in [0.717, 1.165) is 46.2 Å². The van der Waals surface area contributed by atoms with Crippen LogP contribution >= 0.6 is 0 Å². The van der Waals surface area contributed by atoms with Gasteiger partial charge < -0.3 is 25.0 Å². The Hall–Kier alpha value is -5.11. The summed E-state index contributed by atoms with van der Waals surface area (Å²) >= 11 is 0. The Morgan fingerprint density at radius 3 is 2.36 bits per heavy atom. The number of aliphatic carboxylic acids is 2. The smallest absolute Gasteiger partial charge is 0.303 e. The molecule has 1 aliphatic rings. The van der Waals surface area contributed by atoms with Gasteiger partial charge in [-0.2, -0.15) is 0 Å². The summed E-state index contributed by atoms with van der Waals surface area (Å²) in [4.78, 5) is 36.0. The largest absolute Gasteiger partial charge is 0.493 e. The van der Waals surface area contributed by atoms with Crippen molar-refractivity contribution < 1.29 is 34.1 Å². The van der Waals surface area contributed by atoms with Gasteiger partial charge in [-0.1, -0.05) is 79.2 Å². The molecule has 1 fully saturated rings. The van der Waals surface area contributed by atoms with Crippen LogP contribution in [-0.4, -0.2) is 40.8 Å². The van der Waals surface area contributed by atoms with Crippen LogP contribution in [-0.2, 0) is 28.0 Å². The Balaban J connectivity index is 1.43. The zero-order valence-electron chi connectivity index (χ0n) is 26.8. The number of rotatable bonds is 16. The molecule has 4 aromatic rings. The van der Waals surface area contributed by atoms with Crippen LogP contribution in [0.2, 0.25) is 0 Å². The molecular weight excluding hydrogens is 594 g/mol. The fourth-order valence-electron chi connectivity index (χ4n) is 6.17. The highest BCUT2D eigenvalue weighted by molar-refractivity contribution is 5.96. The highest BCUT2D eigenvalue weighted by Crippen LogP contribution is 2.55. The van der Waals surface area contributed by atoms with Gasteiger partial charge in [0.2, 0.25) is 0 Å². The number of amides is 1. The van der Waals surface area contributed by atoms with Crippen LogP contribution in [0.4, 0.5) is 0 Å². The molecule has 8 heteroatoms. The van der Waals surface area contributed by atoms with Crippen LogP contribution in [0.3, 0.4) is 0 Å². The van der Waals surface area contributed by atoms with E-state index in [1.807, 2.05) is 85.8 Å². The van der Waals surface area contributed by atoms with Crippen molar-refractivity contribution >= 4 is 17.8 Å². The average molecular weight is 636 g/mol. The van der Waals surface area contributed by atoms with Crippen molar-refractivity contribution in [2.75, 3.05) is 6.61 Å². The quantitative estimate of drug-likeness (QED) is 0.110. The number of hydrogen-bond donors (Lipinski definition) is 3. The molecule has 0 aromatic heterocycles. The Kier molecular flexibility index (Phi) is 10.6. The van der Waals surface area contributed by atoms with Crippen LogP contribution in [0.1, 0.15) is 71.6 Å². The number of aryl methyl sites for hydroxylation is 1. The van der Waals surface area contributed by atoms with Gasteiger partial charge in [-0.3, -0.25) is 14.4 Å². The van der Waals surface area contributed by atoms with E-state index in [-0.39, 0.29) is 43.3 Å². The normalized spacial score (nSPS) is 16.7. The molecule has 5 rings (SSSR count). The fraction of sp³-hybridized carbons (Fsp3) is 0.308. The molecule has 1 aliphatic carbocycles. The van der Waals surface area contributed by atoms with Crippen molar-refractivity contribution in [2.45, 2.75) is 70.4 Å². The van der Waals surface area contributed by atoms with E-state index in [1.54, 1.807) is 6.07 Å². The molecule has 1 saturated carbocycles. The Morgan fingerprint density at radius 1 is 0.872 bits per heavy atom. The SMILES string of the molecule is CCC1(c2cccc(OCCCC(=O)O)c2CCC(=O)O)CC1Oc1cc(C(=O)NCc2ccccc2)cc(-c2cccc(C)c2)c1. The molecular formula is C39H41NO7. The third kappa shape index (κ3) is 8.38. The number of benzene rings is 4. The van der Waals surface area contributed by atoms with E-state index in [0.29, 0.717) is 30.0 Å².